The number of hydrogen-bond donors (Lipinski definition) is 0. The van der Waals surface area contributed by atoms with E-state index in [9.17, 15) is 0 Å². The van der Waals surface area contributed by atoms with Gasteiger partial charge in [-0.3, -0.25) is 0 Å². The summed E-state index contributed by atoms with van der Waals surface area (Å²) in [6, 6.07) is 9.84. The Hall–Kier alpha value is -2.02. The normalized spacial score (nSPS) is 20.8. The van der Waals surface area contributed by atoms with Gasteiger partial charge in [-0.05, 0) is 24.3 Å². The van der Waals surface area contributed by atoms with Crippen LogP contribution in [0.1, 0.15) is 25.8 Å². The lowest BCUT2D eigenvalue weighted by Gasteiger charge is -2.24. The Morgan fingerprint density at radius 1 is 1.39 bits per heavy atom. The molecule has 1 unspecified atom stereocenters. The Bertz CT molecular complexity index is 498. The minimum absolute atomic E-state index is 0.181. The lowest BCUT2D eigenvalue weighted by molar-refractivity contribution is 0.0403. The molecule has 1 atom stereocenters. The molecule has 0 amide bonds. The number of oxime groups is 1. The van der Waals surface area contributed by atoms with E-state index in [0.29, 0.717) is 6.42 Å². The molecule has 0 bridgehead atoms. The fourth-order valence-corrected chi connectivity index (χ4v) is 2.07. The van der Waals surface area contributed by atoms with Gasteiger partial charge >= 0.3 is 0 Å². The zero-order chi connectivity index (χ0) is 13.2. The Kier molecular flexibility index (Phi) is 3.24. The third-order valence-corrected chi connectivity index (χ3v) is 3.33. The molecule has 0 aliphatic carbocycles. The summed E-state index contributed by atoms with van der Waals surface area (Å²) in [4.78, 5) is 5.37. The van der Waals surface area contributed by atoms with Crippen molar-refractivity contribution in [2.45, 2.75) is 26.4 Å². The van der Waals surface area contributed by atoms with Gasteiger partial charge in [-0.1, -0.05) is 19.0 Å². The van der Waals surface area contributed by atoms with Gasteiger partial charge in [-0.2, -0.15) is 5.26 Å². The molecule has 0 N–H and O–H groups in total. The molecule has 18 heavy (non-hydrogen) atoms. The summed E-state index contributed by atoms with van der Waals surface area (Å²) in [6.45, 7) is 4.09. The van der Waals surface area contributed by atoms with Crippen LogP contribution in [0, 0.1) is 16.7 Å². The Balaban J connectivity index is 2.26. The first-order valence-electron chi connectivity index (χ1n) is 5.85. The number of nitrogens with zero attached hydrogens (tertiary/aromatic N) is 2. The van der Waals surface area contributed by atoms with E-state index in [2.05, 4.69) is 11.2 Å². The van der Waals surface area contributed by atoms with Crippen LogP contribution < -0.4 is 4.74 Å². The van der Waals surface area contributed by atoms with Crippen molar-refractivity contribution < 1.29 is 9.57 Å². The SMILES string of the molecule is COc1ccc(C2=NOC(CC#N)C2(C)C)cc1. The fourth-order valence-electron chi connectivity index (χ4n) is 2.07. The molecule has 2 rings (SSSR count). The van der Waals surface area contributed by atoms with E-state index in [-0.39, 0.29) is 11.5 Å². The van der Waals surface area contributed by atoms with Gasteiger partial charge in [0, 0.05) is 5.56 Å². The van der Waals surface area contributed by atoms with E-state index < -0.39 is 0 Å². The van der Waals surface area contributed by atoms with E-state index in [1.54, 1.807) is 7.11 Å². The Morgan fingerprint density at radius 2 is 2.06 bits per heavy atom. The van der Waals surface area contributed by atoms with Gasteiger partial charge in [0.15, 0.2) is 6.10 Å². The van der Waals surface area contributed by atoms with Crippen LogP contribution in [0.25, 0.3) is 0 Å². The largest absolute Gasteiger partial charge is 0.497 e. The average molecular weight is 244 g/mol. The van der Waals surface area contributed by atoms with Crippen molar-refractivity contribution in [2.24, 2.45) is 10.6 Å². The van der Waals surface area contributed by atoms with Crippen LogP contribution in [-0.4, -0.2) is 18.9 Å². The van der Waals surface area contributed by atoms with Crippen LogP contribution in [0.3, 0.4) is 0 Å². The van der Waals surface area contributed by atoms with Crippen molar-refractivity contribution >= 4 is 5.71 Å². The lowest BCUT2D eigenvalue weighted by atomic mass is 9.78. The van der Waals surface area contributed by atoms with Gasteiger partial charge in [0.2, 0.25) is 0 Å². The zero-order valence-corrected chi connectivity index (χ0v) is 10.8. The average Bonchev–Trinajstić information content (AvgIpc) is 2.66. The highest BCUT2D eigenvalue weighted by Gasteiger charge is 2.42. The highest BCUT2D eigenvalue weighted by atomic mass is 16.6. The molecule has 1 aliphatic heterocycles. The van der Waals surface area contributed by atoms with Gasteiger partial charge < -0.3 is 9.57 Å². The Morgan fingerprint density at radius 3 is 2.61 bits per heavy atom. The molecule has 1 aromatic rings. The predicted octanol–water partition coefficient (Wildman–Crippen LogP) is 2.74. The minimum atomic E-state index is -0.260. The molecule has 1 aromatic carbocycles. The number of nitriles is 1. The maximum atomic E-state index is 8.79. The first-order chi connectivity index (χ1) is 8.59. The van der Waals surface area contributed by atoms with Gasteiger partial charge in [0.1, 0.15) is 5.75 Å². The number of hydrogen-bond acceptors (Lipinski definition) is 4. The lowest BCUT2D eigenvalue weighted by Crippen LogP contribution is -2.33. The van der Waals surface area contributed by atoms with Crippen LogP contribution >= 0.6 is 0 Å². The van der Waals surface area contributed by atoms with E-state index >= 15 is 0 Å². The van der Waals surface area contributed by atoms with Crippen LogP contribution in [0.4, 0.5) is 0 Å². The van der Waals surface area contributed by atoms with Crippen LogP contribution in [0.5, 0.6) is 5.75 Å². The molecule has 0 saturated heterocycles. The molecule has 94 valence electrons. The number of methoxy groups -OCH3 is 1. The van der Waals surface area contributed by atoms with E-state index in [0.717, 1.165) is 17.0 Å². The van der Waals surface area contributed by atoms with Gasteiger partial charge in [-0.15, -0.1) is 0 Å². The maximum Gasteiger partial charge on any atom is 0.151 e. The van der Waals surface area contributed by atoms with E-state index in [4.69, 9.17) is 14.8 Å². The number of benzene rings is 1. The first kappa shape index (κ1) is 12.4. The highest BCUT2D eigenvalue weighted by molar-refractivity contribution is 6.05. The molecule has 0 aromatic heterocycles. The van der Waals surface area contributed by atoms with Crippen molar-refractivity contribution in [1.29, 1.82) is 5.26 Å². The van der Waals surface area contributed by atoms with Crippen molar-refractivity contribution in [1.82, 2.24) is 0 Å². The smallest absolute Gasteiger partial charge is 0.151 e. The molecule has 0 saturated carbocycles. The zero-order valence-electron chi connectivity index (χ0n) is 10.8. The molecule has 1 heterocycles. The van der Waals surface area contributed by atoms with Crippen molar-refractivity contribution in [3.8, 4) is 11.8 Å². The molecule has 1 aliphatic rings. The summed E-state index contributed by atoms with van der Waals surface area (Å²) in [5.41, 5.74) is 1.62. The fraction of sp³-hybridized carbons (Fsp3) is 0.429. The Labute approximate surface area is 107 Å². The van der Waals surface area contributed by atoms with Gasteiger partial charge in [-0.25, -0.2) is 0 Å². The third-order valence-electron chi connectivity index (χ3n) is 3.33. The summed E-state index contributed by atoms with van der Waals surface area (Å²) in [5.74, 6) is 0.810. The standard InChI is InChI=1S/C14H16N2O2/c1-14(2)12(8-9-15)18-16-13(14)10-4-6-11(17-3)7-5-10/h4-7,12H,8H2,1-3H3. The molecule has 4 nitrogen and oxygen atoms in total. The van der Waals surface area contributed by atoms with Gasteiger partial charge in [0.05, 0.1) is 30.7 Å². The van der Waals surface area contributed by atoms with E-state index in [1.165, 1.54) is 0 Å². The second-order valence-electron chi connectivity index (χ2n) is 4.85. The summed E-state index contributed by atoms with van der Waals surface area (Å²) in [6.07, 6.45) is 0.162. The predicted molar refractivity (Wildman–Crippen MR) is 68.4 cm³/mol. The van der Waals surface area contributed by atoms with Gasteiger partial charge in [0.25, 0.3) is 0 Å². The molecular formula is C14H16N2O2. The highest BCUT2D eigenvalue weighted by Crippen LogP contribution is 2.36. The summed E-state index contributed by atoms with van der Waals surface area (Å²) in [7, 11) is 1.64. The topological polar surface area (TPSA) is 54.6 Å². The van der Waals surface area contributed by atoms with Crippen molar-refractivity contribution in [3.05, 3.63) is 29.8 Å². The van der Waals surface area contributed by atoms with Crippen LogP contribution in [0.15, 0.2) is 29.4 Å². The maximum absolute atomic E-state index is 8.79. The van der Waals surface area contributed by atoms with Crippen LogP contribution in [0.2, 0.25) is 0 Å². The quantitative estimate of drug-likeness (QED) is 0.821. The summed E-state index contributed by atoms with van der Waals surface area (Å²) < 4.78 is 5.13. The minimum Gasteiger partial charge on any atom is -0.497 e. The van der Waals surface area contributed by atoms with Crippen molar-refractivity contribution in [2.75, 3.05) is 7.11 Å². The molecule has 0 spiro atoms. The van der Waals surface area contributed by atoms with Crippen molar-refractivity contribution in [3.63, 3.8) is 0 Å². The second kappa shape index (κ2) is 4.69. The first-order valence-corrected chi connectivity index (χ1v) is 5.85. The second-order valence-corrected chi connectivity index (χ2v) is 4.85. The van der Waals surface area contributed by atoms with Crippen LogP contribution in [-0.2, 0) is 4.84 Å². The summed E-state index contributed by atoms with van der Waals surface area (Å²) >= 11 is 0. The monoisotopic (exact) mass is 244 g/mol. The summed E-state index contributed by atoms with van der Waals surface area (Å²) in [5, 5.41) is 12.9. The molecular weight excluding hydrogens is 228 g/mol. The number of rotatable bonds is 3. The molecule has 0 fully saturated rings. The van der Waals surface area contributed by atoms with E-state index in [1.807, 2.05) is 38.1 Å². The number of ether oxygens (including phenoxy) is 1. The molecule has 0 radical (unpaired) electrons. The molecule has 4 heteroatoms. The third kappa shape index (κ3) is 2.04.